The van der Waals surface area contributed by atoms with Crippen molar-refractivity contribution in [3.8, 4) is 0 Å². The number of hydrogen-bond donors (Lipinski definition) is 1. The highest BCUT2D eigenvalue weighted by atomic mass is 32.2. The van der Waals surface area contributed by atoms with E-state index in [1.54, 1.807) is 12.1 Å². The molecule has 2 heterocycles. The standard InChI is InChI=1S/C18H20N2O5S/c1-24-18(21)14-7-8-15(19-11-14)12-20(26(22)23)16-9-10-25-17(16)13-5-3-2-4-6-13/h2-8,11,16-17H,9-10,12H2,1H3,(H,22,23). The average Bonchev–Trinajstić information content (AvgIpc) is 3.15. The van der Waals surface area contributed by atoms with E-state index in [0.29, 0.717) is 24.3 Å². The highest BCUT2D eigenvalue weighted by Crippen LogP contribution is 2.34. The molecule has 1 fully saturated rings. The fourth-order valence-electron chi connectivity index (χ4n) is 3.04. The summed E-state index contributed by atoms with van der Waals surface area (Å²) in [6.07, 6.45) is 1.77. The van der Waals surface area contributed by atoms with Crippen LogP contribution in [0.3, 0.4) is 0 Å². The van der Waals surface area contributed by atoms with Gasteiger partial charge in [-0.2, -0.15) is 4.31 Å². The van der Waals surface area contributed by atoms with Crippen LogP contribution < -0.4 is 0 Å². The Hall–Kier alpha value is -2.13. The number of carbonyl (C=O) groups excluding carboxylic acids is 1. The molecule has 7 nitrogen and oxygen atoms in total. The molecule has 8 heteroatoms. The van der Waals surface area contributed by atoms with Crippen LogP contribution in [0, 0.1) is 0 Å². The minimum atomic E-state index is -2.18. The summed E-state index contributed by atoms with van der Waals surface area (Å²) in [4.78, 5) is 15.7. The van der Waals surface area contributed by atoms with Crippen LogP contribution in [0.25, 0.3) is 0 Å². The third-order valence-electron chi connectivity index (χ3n) is 4.32. The van der Waals surface area contributed by atoms with E-state index in [-0.39, 0.29) is 18.7 Å². The molecule has 0 aliphatic carbocycles. The highest BCUT2D eigenvalue weighted by Gasteiger charge is 2.37. The molecule has 0 bridgehead atoms. The zero-order valence-electron chi connectivity index (χ0n) is 14.3. The van der Waals surface area contributed by atoms with Gasteiger partial charge >= 0.3 is 5.97 Å². The summed E-state index contributed by atoms with van der Waals surface area (Å²) < 4.78 is 33.7. The second kappa shape index (κ2) is 8.50. The molecular weight excluding hydrogens is 356 g/mol. The summed E-state index contributed by atoms with van der Waals surface area (Å²) in [5.41, 5.74) is 1.89. The highest BCUT2D eigenvalue weighted by molar-refractivity contribution is 7.76. The Bertz CT molecular complexity index is 769. The van der Waals surface area contributed by atoms with Crippen molar-refractivity contribution >= 4 is 17.2 Å². The Kier molecular flexibility index (Phi) is 6.10. The Balaban J connectivity index is 1.79. The number of hydrogen-bond acceptors (Lipinski definition) is 5. The van der Waals surface area contributed by atoms with Gasteiger partial charge in [-0.05, 0) is 24.1 Å². The molecule has 2 aromatic rings. The monoisotopic (exact) mass is 376 g/mol. The van der Waals surface area contributed by atoms with E-state index in [4.69, 9.17) is 4.74 Å². The van der Waals surface area contributed by atoms with Gasteiger partial charge < -0.3 is 9.47 Å². The predicted octanol–water partition coefficient (Wildman–Crippen LogP) is 2.34. The van der Waals surface area contributed by atoms with Gasteiger partial charge in [0.25, 0.3) is 0 Å². The Morgan fingerprint density at radius 3 is 2.73 bits per heavy atom. The number of esters is 1. The lowest BCUT2D eigenvalue weighted by Gasteiger charge is -2.28. The fourth-order valence-corrected chi connectivity index (χ4v) is 3.73. The quantitative estimate of drug-likeness (QED) is 0.615. The van der Waals surface area contributed by atoms with Gasteiger partial charge in [0, 0.05) is 12.8 Å². The van der Waals surface area contributed by atoms with E-state index in [0.717, 1.165) is 5.56 Å². The van der Waals surface area contributed by atoms with Crippen LogP contribution in [-0.4, -0.2) is 43.8 Å². The molecule has 26 heavy (non-hydrogen) atoms. The van der Waals surface area contributed by atoms with Crippen LogP contribution >= 0.6 is 0 Å². The maximum atomic E-state index is 12.0. The van der Waals surface area contributed by atoms with Gasteiger partial charge in [0.05, 0.1) is 37.1 Å². The lowest BCUT2D eigenvalue weighted by atomic mass is 10.0. The van der Waals surface area contributed by atoms with Gasteiger partial charge in [0.1, 0.15) is 0 Å². The number of carbonyl (C=O) groups is 1. The second-order valence-corrected chi connectivity index (χ2v) is 6.82. The van der Waals surface area contributed by atoms with Gasteiger partial charge in [-0.25, -0.2) is 9.00 Å². The van der Waals surface area contributed by atoms with E-state index in [9.17, 15) is 13.6 Å². The molecule has 3 atom stereocenters. The SMILES string of the molecule is COC(=O)c1ccc(CN(C2CCOC2c2ccccc2)S(=O)O)nc1. The first-order valence-electron chi connectivity index (χ1n) is 8.17. The van der Waals surface area contributed by atoms with E-state index < -0.39 is 17.2 Å². The first-order valence-corrected chi connectivity index (χ1v) is 9.24. The normalized spacial score (nSPS) is 20.9. The first-order chi connectivity index (χ1) is 12.6. The summed E-state index contributed by atoms with van der Waals surface area (Å²) >= 11 is -2.18. The maximum absolute atomic E-state index is 12.0. The minimum absolute atomic E-state index is 0.169. The fraction of sp³-hybridized carbons (Fsp3) is 0.333. The zero-order valence-corrected chi connectivity index (χ0v) is 15.1. The van der Waals surface area contributed by atoms with Crippen LogP contribution in [0.5, 0.6) is 0 Å². The van der Waals surface area contributed by atoms with Crippen molar-refractivity contribution in [2.24, 2.45) is 0 Å². The van der Waals surface area contributed by atoms with Crippen molar-refractivity contribution < 1.29 is 23.0 Å². The maximum Gasteiger partial charge on any atom is 0.339 e. The van der Waals surface area contributed by atoms with Gasteiger partial charge in [-0.3, -0.25) is 9.54 Å². The van der Waals surface area contributed by atoms with E-state index >= 15 is 0 Å². The smallest absolute Gasteiger partial charge is 0.339 e. The number of ether oxygens (including phenoxy) is 2. The van der Waals surface area contributed by atoms with Crippen molar-refractivity contribution in [1.82, 2.24) is 9.29 Å². The molecule has 3 unspecified atom stereocenters. The lowest BCUT2D eigenvalue weighted by molar-refractivity contribution is 0.0600. The summed E-state index contributed by atoms with van der Waals surface area (Å²) in [7, 11) is 1.30. The average molecular weight is 376 g/mol. The second-order valence-electron chi connectivity index (χ2n) is 5.89. The van der Waals surface area contributed by atoms with Crippen molar-refractivity contribution in [3.63, 3.8) is 0 Å². The summed E-state index contributed by atoms with van der Waals surface area (Å²) in [5.74, 6) is -0.472. The molecule has 3 rings (SSSR count). The van der Waals surface area contributed by atoms with E-state index in [2.05, 4.69) is 9.72 Å². The number of benzene rings is 1. The lowest BCUT2D eigenvalue weighted by Crippen LogP contribution is -2.38. The van der Waals surface area contributed by atoms with Gasteiger partial charge in [-0.15, -0.1) is 0 Å². The first kappa shape index (κ1) is 18.7. The molecule has 0 saturated carbocycles. The predicted molar refractivity (Wildman–Crippen MR) is 95.4 cm³/mol. The van der Waals surface area contributed by atoms with E-state index in [1.807, 2.05) is 30.3 Å². The molecule has 0 amide bonds. The largest absolute Gasteiger partial charge is 0.465 e. The number of pyridine rings is 1. The Labute approximate surface area is 154 Å². The minimum Gasteiger partial charge on any atom is -0.465 e. The van der Waals surface area contributed by atoms with Crippen molar-refractivity contribution in [2.75, 3.05) is 13.7 Å². The molecule has 1 aromatic heterocycles. The molecule has 1 aliphatic rings. The molecule has 0 radical (unpaired) electrons. The van der Waals surface area contributed by atoms with Crippen molar-refractivity contribution in [2.45, 2.75) is 25.1 Å². The molecule has 1 saturated heterocycles. The van der Waals surface area contributed by atoms with Crippen LogP contribution in [0.4, 0.5) is 0 Å². The third-order valence-corrected chi connectivity index (χ3v) is 5.12. The molecule has 0 spiro atoms. The molecule has 1 aliphatic heterocycles. The third kappa shape index (κ3) is 4.16. The number of methoxy groups -OCH3 is 1. The Morgan fingerprint density at radius 2 is 2.12 bits per heavy atom. The summed E-state index contributed by atoms with van der Waals surface area (Å²) in [5, 5.41) is 0. The number of aromatic nitrogens is 1. The van der Waals surface area contributed by atoms with Crippen LogP contribution in [-0.2, 0) is 27.3 Å². The summed E-state index contributed by atoms with van der Waals surface area (Å²) in [6.45, 7) is 0.689. The molecule has 138 valence electrons. The van der Waals surface area contributed by atoms with E-state index in [1.165, 1.54) is 17.6 Å². The number of rotatable bonds is 6. The van der Waals surface area contributed by atoms with Crippen LogP contribution in [0.1, 0.15) is 34.1 Å². The molecule has 1 aromatic carbocycles. The van der Waals surface area contributed by atoms with Crippen molar-refractivity contribution in [1.29, 1.82) is 0 Å². The van der Waals surface area contributed by atoms with Crippen molar-refractivity contribution in [3.05, 3.63) is 65.5 Å². The topological polar surface area (TPSA) is 89.0 Å². The zero-order chi connectivity index (χ0) is 18.5. The van der Waals surface area contributed by atoms with Gasteiger partial charge in [-0.1, -0.05) is 30.3 Å². The molecule has 1 N–H and O–H groups in total. The summed E-state index contributed by atoms with van der Waals surface area (Å²) in [6, 6.07) is 12.7. The number of nitrogens with zero attached hydrogens (tertiary/aromatic N) is 2. The molecular formula is C18H20N2O5S. The Morgan fingerprint density at radius 1 is 1.35 bits per heavy atom. The van der Waals surface area contributed by atoms with Gasteiger partial charge in [0.15, 0.2) is 0 Å². The van der Waals surface area contributed by atoms with Gasteiger partial charge in [0.2, 0.25) is 11.3 Å². The van der Waals surface area contributed by atoms with Crippen LogP contribution in [0.2, 0.25) is 0 Å². The van der Waals surface area contributed by atoms with Crippen LogP contribution in [0.15, 0.2) is 48.7 Å².